The maximum absolute atomic E-state index is 11.1. The topological polar surface area (TPSA) is 40.6 Å². The normalized spacial score (nSPS) is 17.7. The highest BCUT2D eigenvalue weighted by Gasteiger charge is 2.18. The molecule has 0 radical (unpaired) electrons. The molecule has 0 spiro atoms. The number of rotatable bonds is 4. The number of nitrogens with zero attached hydrogens (tertiary/aromatic N) is 2. The van der Waals surface area contributed by atoms with Crippen LogP contribution in [0.1, 0.15) is 0 Å². The molecule has 0 atom stereocenters. The Bertz CT molecular complexity index is 525. The third-order valence-electron chi connectivity index (χ3n) is 3.32. The highest BCUT2D eigenvalue weighted by molar-refractivity contribution is 7.90. The smallest absolute Gasteiger partial charge is 0.148 e. The summed E-state index contributed by atoms with van der Waals surface area (Å²) in [4.78, 5) is 4.48. The Labute approximate surface area is 119 Å². The number of piperazine rings is 1. The van der Waals surface area contributed by atoms with E-state index in [1.54, 1.807) is 0 Å². The van der Waals surface area contributed by atoms with Crippen molar-refractivity contribution in [3.63, 3.8) is 0 Å². The second-order valence-electron chi connectivity index (χ2n) is 4.94. The predicted octanol–water partition coefficient (Wildman–Crippen LogP) is 1.51. The zero-order valence-electron chi connectivity index (χ0n) is 11.0. The molecule has 0 bridgehead atoms. The monoisotopic (exact) mass is 302 g/mol. The number of hydrogen-bond acceptors (Lipinski definition) is 4. The zero-order chi connectivity index (χ0) is 13.9. The Morgan fingerprint density at radius 2 is 1.89 bits per heavy atom. The predicted molar refractivity (Wildman–Crippen MR) is 79.8 cm³/mol. The lowest BCUT2D eigenvalue weighted by molar-refractivity contribution is 0.272. The first kappa shape index (κ1) is 14.6. The third-order valence-corrected chi connectivity index (χ3v) is 4.48. The van der Waals surface area contributed by atoms with Crippen molar-refractivity contribution < 1.29 is 8.42 Å². The number of anilines is 1. The number of halogens is 1. The van der Waals surface area contributed by atoms with Crippen molar-refractivity contribution in [2.24, 2.45) is 0 Å². The van der Waals surface area contributed by atoms with Crippen molar-refractivity contribution in [2.75, 3.05) is 49.6 Å². The third kappa shape index (κ3) is 4.67. The van der Waals surface area contributed by atoms with Gasteiger partial charge in [-0.25, -0.2) is 8.42 Å². The van der Waals surface area contributed by atoms with Crippen molar-refractivity contribution in [1.29, 1.82) is 0 Å². The van der Waals surface area contributed by atoms with Crippen molar-refractivity contribution in [2.45, 2.75) is 0 Å². The van der Waals surface area contributed by atoms with Gasteiger partial charge < -0.3 is 4.90 Å². The lowest BCUT2D eigenvalue weighted by atomic mass is 10.2. The van der Waals surface area contributed by atoms with Crippen LogP contribution in [0.25, 0.3) is 0 Å². The van der Waals surface area contributed by atoms with Crippen molar-refractivity contribution in [1.82, 2.24) is 4.90 Å². The lowest BCUT2D eigenvalue weighted by Crippen LogP contribution is -2.47. The first-order valence-electron chi connectivity index (χ1n) is 6.35. The maximum atomic E-state index is 11.1. The van der Waals surface area contributed by atoms with E-state index in [2.05, 4.69) is 15.9 Å². The average molecular weight is 303 g/mol. The Kier molecular flexibility index (Phi) is 4.71. The fourth-order valence-electron chi connectivity index (χ4n) is 2.20. The van der Waals surface area contributed by atoms with Gasteiger partial charge in [0.05, 0.1) is 5.75 Å². The molecule has 0 aliphatic carbocycles. The number of benzene rings is 1. The summed E-state index contributed by atoms with van der Waals surface area (Å²) in [5.41, 5.74) is 1.13. The Morgan fingerprint density at radius 3 is 2.47 bits per heavy atom. The molecule has 0 N–H and O–H groups in total. The lowest BCUT2D eigenvalue weighted by Gasteiger charge is -2.36. The standard InChI is InChI=1S/C13H19ClN2O2S/c1-19(17,18)10-9-15-5-7-16(8-6-15)13-4-2-3-12(14)11-13/h2-4,11H,5-10H2,1H3. The van der Waals surface area contributed by atoms with E-state index in [9.17, 15) is 8.42 Å². The summed E-state index contributed by atoms with van der Waals surface area (Å²) in [6.07, 6.45) is 1.29. The van der Waals surface area contributed by atoms with E-state index >= 15 is 0 Å². The molecule has 19 heavy (non-hydrogen) atoms. The summed E-state index contributed by atoms with van der Waals surface area (Å²) in [6.45, 7) is 4.22. The zero-order valence-corrected chi connectivity index (χ0v) is 12.6. The number of hydrogen-bond donors (Lipinski definition) is 0. The van der Waals surface area contributed by atoms with E-state index in [1.165, 1.54) is 6.26 Å². The summed E-state index contributed by atoms with van der Waals surface area (Å²) >= 11 is 5.99. The molecule has 1 saturated heterocycles. The molecule has 1 heterocycles. The van der Waals surface area contributed by atoms with Crippen LogP contribution in [0.5, 0.6) is 0 Å². The van der Waals surface area contributed by atoms with Crippen molar-refractivity contribution in [3.8, 4) is 0 Å². The molecule has 1 fully saturated rings. The van der Waals surface area contributed by atoms with Gasteiger partial charge in [0.15, 0.2) is 0 Å². The van der Waals surface area contributed by atoms with Crippen LogP contribution in [0.2, 0.25) is 5.02 Å². The molecule has 0 unspecified atom stereocenters. The van der Waals surface area contributed by atoms with Gasteiger partial charge in [-0.15, -0.1) is 0 Å². The number of sulfone groups is 1. The second-order valence-corrected chi connectivity index (χ2v) is 7.63. The van der Waals surface area contributed by atoms with E-state index in [1.807, 2.05) is 18.2 Å². The molecule has 0 aromatic heterocycles. The first-order valence-corrected chi connectivity index (χ1v) is 8.78. The van der Waals surface area contributed by atoms with Gasteiger partial charge >= 0.3 is 0 Å². The summed E-state index contributed by atoms with van der Waals surface area (Å²) < 4.78 is 22.3. The second kappa shape index (κ2) is 6.11. The largest absolute Gasteiger partial charge is 0.369 e. The molecule has 6 heteroatoms. The van der Waals surface area contributed by atoms with Crippen LogP contribution < -0.4 is 4.90 Å². The van der Waals surface area contributed by atoms with Gasteiger partial charge in [-0.3, -0.25) is 4.90 Å². The van der Waals surface area contributed by atoms with Crippen LogP contribution in [0.4, 0.5) is 5.69 Å². The molecule has 2 rings (SSSR count). The Balaban J connectivity index is 1.86. The van der Waals surface area contributed by atoms with Gasteiger partial charge in [0.25, 0.3) is 0 Å². The quantitative estimate of drug-likeness (QED) is 0.845. The van der Waals surface area contributed by atoms with E-state index in [0.29, 0.717) is 6.54 Å². The maximum Gasteiger partial charge on any atom is 0.148 e. The minimum Gasteiger partial charge on any atom is -0.369 e. The minimum atomic E-state index is -2.87. The summed E-state index contributed by atoms with van der Waals surface area (Å²) in [5.74, 6) is 0.240. The van der Waals surface area contributed by atoms with Crippen LogP contribution >= 0.6 is 11.6 Å². The Hall–Kier alpha value is -0.780. The molecule has 0 saturated carbocycles. The first-order chi connectivity index (χ1) is 8.94. The minimum absolute atomic E-state index is 0.240. The molecule has 1 aliphatic heterocycles. The molecule has 4 nitrogen and oxygen atoms in total. The Morgan fingerprint density at radius 1 is 1.21 bits per heavy atom. The molecule has 1 aliphatic rings. The van der Waals surface area contributed by atoms with Gasteiger partial charge in [0, 0.05) is 49.7 Å². The average Bonchev–Trinajstić information content (AvgIpc) is 2.36. The summed E-state index contributed by atoms with van der Waals surface area (Å²) in [5, 5.41) is 0.747. The molecule has 1 aromatic carbocycles. The van der Waals surface area contributed by atoms with Crippen molar-refractivity contribution >= 4 is 27.1 Å². The summed E-state index contributed by atoms with van der Waals surface area (Å²) in [7, 11) is -2.87. The molecular weight excluding hydrogens is 284 g/mol. The van der Waals surface area contributed by atoms with Crippen LogP contribution in [-0.4, -0.2) is 58.1 Å². The molecule has 0 amide bonds. The highest BCUT2D eigenvalue weighted by atomic mass is 35.5. The van der Waals surface area contributed by atoms with Crippen LogP contribution in [0.3, 0.4) is 0 Å². The van der Waals surface area contributed by atoms with E-state index in [0.717, 1.165) is 36.9 Å². The van der Waals surface area contributed by atoms with E-state index in [-0.39, 0.29) is 5.75 Å². The van der Waals surface area contributed by atoms with Crippen molar-refractivity contribution in [3.05, 3.63) is 29.3 Å². The van der Waals surface area contributed by atoms with Crippen LogP contribution in [0, 0.1) is 0 Å². The van der Waals surface area contributed by atoms with Gasteiger partial charge in [-0.2, -0.15) is 0 Å². The van der Waals surface area contributed by atoms with Gasteiger partial charge in [0.1, 0.15) is 9.84 Å². The van der Waals surface area contributed by atoms with Gasteiger partial charge in [-0.05, 0) is 18.2 Å². The van der Waals surface area contributed by atoms with Gasteiger partial charge in [0.2, 0.25) is 0 Å². The van der Waals surface area contributed by atoms with Gasteiger partial charge in [-0.1, -0.05) is 17.7 Å². The molecule has 1 aromatic rings. The molecular formula is C13H19ClN2O2S. The van der Waals surface area contributed by atoms with E-state index < -0.39 is 9.84 Å². The van der Waals surface area contributed by atoms with E-state index in [4.69, 9.17) is 11.6 Å². The highest BCUT2D eigenvalue weighted by Crippen LogP contribution is 2.20. The van der Waals surface area contributed by atoms with Crippen LogP contribution in [0.15, 0.2) is 24.3 Å². The molecule has 106 valence electrons. The van der Waals surface area contributed by atoms with Crippen LogP contribution in [-0.2, 0) is 9.84 Å². The summed E-state index contributed by atoms with van der Waals surface area (Å²) in [6, 6.07) is 7.84. The SMILES string of the molecule is CS(=O)(=O)CCN1CCN(c2cccc(Cl)c2)CC1. The fraction of sp³-hybridized carbons (Fsp3) is 0.538. The fourth-order valence-corrected chi connectivity index (χ4v) is 2.97.